The summed E-state index contributed by atoms with van der Waals surface area (Å²) in [6.45, 7) is 2.57. The highest BCUT2D eigenvalue weighted by atomic mass is 35.5. The molecule has 1 saturated heterocycles. The molecule has 2 amide bonds. The van der Waals surface area contributed by atoms with Crippen molar-refractivity contribution >= 4 is 41.0 Å². The third-order valence-electron chi connectivity index (χ3n) is 7.05. The molecule has 0 spiro atoms. The number of aromatic nitrogens is 3. The van der Waals surface area contributed by atoms with Crippen molar-refractivity contribution in [3.05, 3.63) is 69.3 Å². The number of pyridine rings is 1. The Morgan fingerprint density at radius 2 is 1.98 bits per heavy atom. The maximum Gasteiger partial charge on any atom is 0.256 e. The van der Waals surface area contributed by atoms with Crippen LogP contribution in [0, 0.1) is 5.82 Å². The molecule has 1 aromatic carbocycles. The monoisotopic (exact) mass is 588 g/mol. The lowest BCUT2D eigenvalue weighted by Crippen LogP contribution is -2.46. The number of amides is 2. The first-order valence-corrected chi connectivity index (χ1v) is 13.5. The van der Waals surface area contributed by atoms with Gasteiger partial charge in [0.2, 0.25) is 11.9 Å². The van der Waals surface area contributed by atoms with Gasteiger partial charge < -0.3 is 25.4 Å². The van der Waals surface area contributed by atoms with Gasteiger partial charge in [-0.2, -0.15) is 0 Å². The number of fused-ring (bicyclic) bond motifs is 1. The fraction of sp³-hybridized carbons (Fsp3) is 0.370. The Morgan fingerprint density at radius 3 is 2.70 bits per heavy atom. The molecule has 5 rings (SSSR count). The molecule has 3 N–H and O–H groups in total. The largest absolute Gasteiger partial charge is 0.394 e. The summed E-state index contributed by atoms with van der Waals surface area (Å²) in [5, 5.41) is 16.0. The van der Waals surface area contributed by atoms with E-state index in [1.54, 1.807) is 19.2 Å². The maximum atomic E-state index is 13.9. The normalized spacial score (nSPS) is 16.9. The van der Waals surface area contributed by atoms with Gasteiger partial charge >= 0.3 is 0 Å². The number of hydrogen-bond acceptors (Lipinski definition) is 8. The Balaban J connectivity index is 1.31. The molecule has 0 bridgehead atoms. The molecule has 4 heterocycles. The quantitative estimate of drug-likeness (QED) is 0.362. The number of carbonyl (C=O) groups excluding carboxylic acids is 2. The van der Waals surface area contributed by atoms with E-state index in [-0.39, 0.29) is 23.5 Å². The van der Waals surface area contributed by atoms with E-state index >= 15 is 0 Å². The van der Waals surface area contributed by atoms with E-state index in [0.717, 1.165) is 18.9 Å². The lowest BCUT2D eigenvalue weighted by Gasteiger charge is -2.26. The topological polar surface area (TPSA) is 130 Å². The molecule has 3 aromatic rings. The number of hydrogen-bond donors (Lipinski definition) is 3. The summed E-state index contributed by atoms with van der Waals surface area (Å²) in [4.78, 5) is 41.1. The van der Waals surface area contributed by atoms with E-state index in [2.05, 4.69) is 25.6 Å². The van der Waals surface area contributed by atoms with E-state index in [1.807, 2.05) is 0 Å². The van der Waals surface area contributed by atoms with Gasteiger partial charge in [0.15, 0.2) is 0 Å². The third-order valence-corrected chi connectivity index (χ3v) is 7.63. The number of nitrogens with one attached hydrogen (secondary N) is 2. The number of nitrogens with zero attached hydrogens (tertiary/aromatic N) is 4. The number of benzene rings is 1. The number of aliphatic hydroxyl groups is 1. The van der Waals surface area contributed by atoms with Crippen LogP contribution in [0.2, 0.25) is 10.0 Å². The first-order valence-electron chi connectivity index (χ1n) is 12.8. The highest BCUT2D eigenvalue weighted by Gasteiger charge is 2.36. The van der Waals surface area contributed by atoms with Gasteiger partial charge in [-0.1, -0.05) is 29.3 Å². The van der Waals surface area contributed by atoms with Gasteiger partial charge in [-0.05, 0) is 43.5 Å². The van der Waals surface area contributed by atoms with Gasteiger partial charge in [0.25, 0.3) is 5.91 Å². The summed E-state index contributed by atoms with van der Waals surface area (Å²) in [6.07, 6.45) is 4.77. The van der Waals surface area contributed by atoms with Crippen LogP contribution in [0.3, 0.4) is 0 Å². The van der Waals surface area contributed by atoms with Crippen LogP contribution in [-0.2, 0) is 16.1 Å². The summed E-state index contributed by atoms with van der Waals surface area (Å²) < 4.78 is 19.3. The van der Waals surface area contributed by atoms with Crippen molar-refractivity contribution < 1.29 is 23.8 Å². The van der Waals surface area contributed by atoms with E-state index in [9.17, 15) is 19.1 Å². The fourth-order valence-corrected chi connectivity index (χ4v) is 5.01. The van der Waals surface area contributed by atoms with Crippen molar-refractivity contribution in [2.75, 3.05) is 25.1 Å². The zero-order valence-corrected chi connectivity index (χ0v) is 23.0. The van der Waals surface area contributed by atoms with Crippen LogP contribution < -0.4 is 10.6 Å². The highest BCUT2D eigenvalue weighted by molar-refractivity contribution is 6.33. The lowest BCUT2D eigenvalue weighted by atomic mass is 10.1. The first kappa shape index (κ1) is 28.2. The lowest BCUT2D eigenvalue weighted by molar-refractivity contribution is -0.126. The molecule has 2 aliphatic rings. The Labute approximate surface area is 239 Å². The number of carbonyl (C=O) groups is 2. The van der Waals surface area contributed by atoms with Crippen molar-refractivity contribution in [2.45, 2.75) is 44.4 Å². The molecular weight excluding hydrogens is 562 g/mol. The van der Waals surface area contributed by atoms with E-state index < -0.39 is 30.4 Å². The van der Waals surface area contributed by atoms with Crippen molar-refractivity contribution in [3.63, 3.8) is 0 Å². The van der Waals surface area contributed by atoms with E-state index in [4.69, 9.17) is 27.9 Å². The summed E-state index contributed by atoms with van der Waals surface area (Å²) in [6, 6.07) is 4.09. The number of aliphatic hydroxyl groups excluding tert-OH is 1. The number of anilines is 1. The average Bonchev–Trinajstić information content (AvgIpc) is 3.29. The van der Waals surface area contributed by atoms with Crippen LogP contribution in [0.15, 0.2) is 36.7 Å². The molecule has 10 nitrogen and oxygen atoms in total. The first-order chi connectivity index (χ1) is 19.2. The minimum absolute atomic E-state index is 0.0671. The maximum absolute atomic E-state index is 13.9. The number of ether oxygens (including phenoxy) is 1. The standard InChI is InChI=1S/C27H27Cl2FN6O4/c1-14(25(38)34-23(13-37)15-2-3-19(28)21(30)9-15)36-12-22-18(26(36)39)8-16(10-31-22)24-20(29)11-32-27(35-24)33-17-4-6-40-7-5-17/h2-3,8-11,14,17,23,37H,4-7,12-13H2,1H3,(H,34,38)(H,32,33,35)/t14-,23-/m1/s1. The predicted molar refractivity (Wildman–Crippen MR) is 146 cm³/mol. The van der Waals surface area contributed by atoms with Crippen molar-refractivity contribution in [3.8, 4) is 11.3 Å². The molecule has 13 heteroatoms. The zero-order chi connectivity index (χ0) is 28.4. The zero-order valence-electron chi connectivity index (χ0n) is 21.5. The molecular formula is C27H27Cl2FN6O4. The Bertz CT molecular complexity index is 1440. The fourth-order valence-electron chi connectivity index (χ4n) is 4.70. The van der Waals surface area contributed by atoms with Gasteiger partial charge in [-0.25, -0.2) is 14.4 Å². The van der Waals surface area contributed by atoms with Crippen LogP contribution in [0.5, 0.6) is 0 Å². The van der Waals surface area contributed by atoms with Crippen LogP contribution in [-0.4, -0.2) is 68.7 Å². The van der Waals surface area contributed by atoms with Crippen LogP contribution in [0.25, 0.3) is 11.3 Å². The van der Waals surface area contributed by atoms with Crippen LogP contribution >= 0.6 is 23.2 Å². The minimum atomic E-state index is -0.894. The Morgan fingerprint density at radius 1 is 1.20 bits per heavy atom. The number of halogens is 3. The minimum Gasteiger partial charge on any atom is -0.394 e. The van der Waals surface area contributed by atoms with Gasteiger partial charge in [0.1, 0.15) is 11.9 Å². The smallest absolute Gasteiger partial charge is 0.256 e. The molecule has 2 atom stereocenters. The second kappa shape index (κ2) is 12.0. The molecule has 1 fully saturated rings. The molecule has 40 heavy (non-hydrogen) atoms. The summed E-state index contributed by atoms with van der Waals surface area (Å²) in [5.41, 5.74) is 2.17. The van der Waals surface area contributed by atoms with E-state index in [0.29, 0.717) is 52.3 Å². The molecule has 0 aliphatic carbocycles. The SMILES string of the molecule is C[C@H](C(=O)N[C@H](CO)c1ccc(Cl)c(F)c1)N1Cc2ncc(-c3nc(NC4CCOCC4)ncc3Cl)cc2C1=O. The summed E-state index contributed by atoms with van der Waals surface area (Å²) in [5.74, 6) is -1.14. The number of rotatable bonds is 8. The second-order valence-corrected chi connectivity index (χ2v) is 10.5. The van der Waals surface area contributed by atoms with Crippen molar-refractivity contribution in [1.82, 2.24) is 25.2 Å². The average molecular weight is 589 g/mol. The van der Waals surface area contributed by atoms with E-state index in [1.165, 1.54) is 23.2 Å². The molecule has 0 unspecified atom stereocenters. The molecule has 210 valence electrons. The van der Waals surface area contributed by atoms with Gasteiger partial charge in [-0.3, -0.25) is 14.6 Å². The van der Waals surface area contributed by atoms with Crippen LogP contribution in [0.1, 0.15) is 47.4 Å². The Kier molecular flexibility index (Phi) is 8.46. The summed E-state index contributed by atoms with van der Waals surface area (Å²) in [7, 11) is 0. The predicted octanol–water partition coefficient (Wildman–Crippen LogP) is 3.77. The van der Waals surface area contributed by atoms with Crippen molar-refractivity contribution in [1.29, 1.82) is 0 Å². The molecule has 2 aromatic heterocycles. The summed E-state index contributed by atoms with van der Waals surface area (Å²) >= 11 is 12.2. The highest BCUT2D eigenvalue weighted by Crippen LogP contribution is 2.31. The van der Waals surface area contributed by atoms with Gasteiger partial charge in [-0.15, -0.1) is 0 Å². The second-order valence-electron chi connectivity index (χ2n) is 9.67. The molecule has 0 saturated carbocycles. The van der Waals surface area contributed by atoms with Gasteiger partial charge in [0, 0.05) is 31.0 Å². The molecule has 0 radical (unpaired) electrons. The Hall–Kier alpha value is -3.38. The van der Waals surface area contributed by atoms with Crippen LogP contribution in [0.4, 0.5) is 10.3 Å². The third kappa shape index (κ3) is 5.87. The van der Waals surface area contributed by atoms with Crippen molar-refractivity contribution in [2.24, 2.45) is 0 Å². The molecule has 2 aliphatic heterocycles. The van der Waals surface area contributed by atoms with Gasteiger partial charge in [0.05, 0.1) is 52.4 Å².